The van der Waals surface area contributed by atoms with E-state index in [9.17, 15) is 20.0 Å². The number of amides is 1. The molecule has 0 saturated heterocycles. The molecule has 0 fully saturated rings. The van der Waals surface area contributed by atoms with Crippen molar-refractivity contribution in [2.24, 2.45) is 5.10 Å². The average Bonchev–Trinajstić information content (AvgIpc) is 2.49. The van der Waals surface area contributed by atoms with E-state index in [0.29, 0.717) is 5.56 Å². The third kappa shape index (κ3) is 3.45. The average molecular weight is 298 g/mol. The molecule has 1 N–H and O–H groups in total. The standard InChI is InChI=1S/C15H13N3O4/c1-10-4-2-3-5-13(10)15(20)17-16-9-11-8-12(18(21)22)6-7-14(11)19/h2-9,19H,1H3,(H,17,20)/p-1/b16-9-. The second-order valence-corrected chi connectivity index (χ2v) is 4.49. The molecular weight excluding hydrogens is 286 g/mol. The van der Waals surface area contributed by atoms with Crippen molar-refractivity contribution in [3.8, 4) is 5.75 Å². The monoisotopic (exact) mass is 298 g/mol. The fourth-order valence-electron chi connectivity index (χ4n) is 1.80. The van der Waals surface area contributed by atoms with Crippen molar-refractivity contribution >= 4 is 17.8 Å². The van der Waals surface area contributed by atoms with Gasteiger partial charge in [0.2, 0.25) is 0 Å². The number of benzene rings is 2. The van der Waals surface area contributed by atoms with Crippen LogP contribution in [0.2, 0.25) is 0 Å². The number of non-ortho nitro benzene ring substituents is 1. The summed E-state index contributed by atoms with van der Waals surface area (Å²) < 4.78 is 0. The van der Waals surface area contributed by atoms with Crippen LogP contribution in [0.4, 0.5) is 5.69 Å². The third-order valence-corrected chi connectivity index (χ3v) is 2.96. The number of rotatable bonds is 4. The van der Waals surface area contributed by atoms with E-state index in [-0.39, 0.29) is 11.3 Å². The number of nitro benzene ring substituents is 1. The molecule has 7 nitrogen and oxygen atoms in total. The van der Waals surface area contributed by atoms with Crippen LogP contribution in [-0.2, 0) is 0 Å². The summed E-state index contributed by atoms with van der Waals surface area (Å²) in [6.07, 6.45) is 1.09. The lowest BCUT2D eigenvalue weighted by Gasteiger charge is -2.08. The number of nitrogens with zero attached hydrogens (tertiary/aromatic N) is 2. The van der Waals surface area contributed by atoms with Crippen LogP contribution in [0.15, 0.2) is 47.6 Å². The third-order valence-electron chi connectivity index (χ3n) is 2.96. The van der Waals surface area contributed by atoms with Crippen LogP contribution in [0, 0.1) is 17.0 Å². The van der Waals surface area contributed by atoms with Gasteiger partial charge in [-0.05, 0) is 24.1 Å². The first-order valence-electron chi connectivity index (χ1n) is 6.33. The minimum Gasteiger partial charge on any atom is -0.872 e. The maximum Gasteiger partial charge on any atom is 0.271 e. The van der Waals surface area contributed by atoms with Gasteiger partial charge in [0, 0.05) is 17.7 Å². The quantitative estimate of drug-likeness (QED) is 0.527. The van der Waals surface area contributed by atoms with E-state index in [2.05, 4.69) is 10.5 Å². The van der Waals surface area contributed by atoms with Crippen LogP contribution in [0.3, 0.4) is 0 Å². The molecule has 0 atom stereocenters. The number of hydrogen-bond donors (Lipinski definition) is 1. The Hall–Kier alpha value is -3.22. The Balaban J connectivity index is 2.13. The Morgan fingerprint density at radius 2 is 2.00 bits per heavy atom. The largest absolute Gasteiger partial charge is 0.872 e. The van der Waals surface area contributed by atoms with E-state index in [1.165, 1.54) is 0 Å². The van der Waals surface area contributed by atoms with Crippen LogP contribution in [0.5, 0.6) is 5.75 Å². The van der Waals surface area contributed by atoms with E-state index in [0.717, 1.165) is 30.0 Å². The van der Waals surface area contributed by atoms with Crippen molar-refractivity contribution in [1.82, 2.24) is 5.43 Å². The highest BCUT2D eigenvalue weighted by Crippen LogP contribution is 2.19. The Bertz CT molecular complexity index is 756. The second-order valence-electron chi connectivity index (χ2n) is 4.49. The van der Waals surface area contributed by atoms with Gasteiger partial charge in [-0.1, -0.05) is 30.0 Å². The smallest absolute Gasteiger partial charge is 0.271 e. The van der Waals surface area contributed by atoms with Gasteiger partial charge in [0.1, 0.15) is 0 Å². The molecule has 0 spiro atoms. The number of nitrogens with one attached hydrogen (secondary N) is 1. The van der Waals surface area contributed by atoms with Crippen LogP contribution in [0.25, 0.3) is 0 Å². The minimum atomic E-state index is -0.608. The lowest BCUT2D eigenvalue weighted by Crippen LogP contribution is -2.18. The molecule has 1 amide bonds. The zero-order chi connectivity index (χ0) is 16.1. The predicted octanol–water partition coefficient (Wildman–Crippen LogP) is 1.74. The van der Waals surface area contributed by atoms with Gasteiger partial charge in [0.05, 0.1) is 11.1 Å². The molecule has 0 radical (unpaired) electrons. The second kappa shape index (κ2) is 6.49. The van der Waals surface area contributed by atoms with Crippen LogP contribution in [0.1, 0.15) is 21.5 Å². The van der Waals surface area contributed by atoms with Crippen molar-refractivity contribution in [2.75, 3.05) is 0 Å². The zero-order valence-corrected chi connectivity index (χ0v) is 11.6. The molecule has 0 aromatic heterocycles. The highest BCUT2D eigenvalue weighted by Gasteiger charge is 2.07. The molecule has 0 bridgehead atoms. The molecule has 2 rings (SSSR count). The first-order valence-corrected chi connectivity index (χ1v) is 6.33. The molecule has 0 aliphatic carbocycles. The molecule has 0 saturated carbocycles. The predicted molar refractivity (Wildman–Crippen MR) is 78.8 cm³/mol. The summed E-state index contributed by atoms with van der Waals surface area (Å²) in [7, 11) is 0. The molecule has 2 aromatic carbocycles. The number of hydrogen-bond acceptors (Lipinski definition) is 5. The van der Waals surface area contributed by atoms with E-state index < -0.39 is 16.6 Å². The fraction of sp³-hybridized carbons (Fsp3) is 0.0667. The fourth-order valence-corrected chi connectivity index (χ4v) is 1.80. The van der Waals surface area contributed by atoms with Crippen LogP contribution < -0.4 is 10.5 Å². The van der Waals surface area contributed by atoms with Gasteiger partial charge < -0.3 is 5.11 Å². The Labute approximate surface area is 126 Å². The highest BCUT2D eigenvalue weighted by atomic mass is 16.6. The van der Waals surface area contributed by atoms with E-state index >= 15 is 0 Å². The molecule has 2 aromatic rings. The van der Waals surface area contributed by atoms with Gasteiger partial charge in [-0.3, -0.25) is 14.9 Å². The van der Waals surface area contributed by atoms with Crippen molar-refractivity contribution in [2.45, 2.75) is 6.92 Å². The van der Waals surface area contributed by atoms with Crippen molar-refractivity contribution in [3.05, 3.63) is 69.3 Å². The van der Waals surface area contributed by atoms with Gasteiger partial charge in [0.25, 0.3) is 11.6 Å². The summed E-state index contributed by atoms with van der Waals surface area (Å²) in [5, 5.41) is 25.9. The van der Waals surface area contributed by atoms with Crippen molar-refractivity contribution in [3.63, 3.8) is 0 Å². The normalized spacial score (nSPS) is 10.6. The van der Waals surface area contributed by atoms with E-state index in [4.69, 9.17) is 0 Å². The maximum atomic E-state index is 11.9. The summed E-state index contributed by atoms with van der Waals surface area (Å²) in [5.41, 5.74) is 3.34. The maximum absolute atomic E-state index is 11.9. The van der Waals surface area contributed by atoms with Gasteiger partial charge in [-0.15, -0.1) is 0 Å². The summed E-state index contributed by atoms with van der Waals surface area (Å²) in [6.45, 7) is 1.79. The molecular formula is C15H12N3O4-. The molecule has 0 heterocycles. The number of nitro groups is 1. The Kier molecular flexibility index (Phi) is 4.47. The van der Waals surface area contributed by atoms with Crippen molar-refractivity contribution < 1.29 is 14.8 Å². The van der Waals surface area contributed by atoms with Crippen LogP contribution in [-0.4, -0.2) is 17.0 Å². The van der Waals surface area contributed by atoms with Gasteiger partial charge >= 0.3 is 0 Å². The molecule has 0 aliphatic heterocycles. The number of aryl methyl sites for hydroxylation is 1. The Morgan fingerprint density at radius 3 is 2.68 bits per heavy atom. The zero-order valence-electron chi connectivity index (χ0n) is 11.6. The SMILES string of the molecule is Cc1ccccc1C(=O)N/N=C\c1cc([N+](=O)[O-])ccc1[O-]. The number of carbonyl (C=O) groups is 1. The topological polar surface area (TPSA) is 108 Å². The molecule has 22 heavy (non-hydrogen) atoms. The van der Waals surface area contributed by atoms with Gasteiger partial charge in [0.15, 0.2) is 0 Å². The van der Waals surface area contributed by atoms with Gasteiger partial charge in [-0.25, -0.2) is 5.43 Å². The first kappa shape index (κ1) is 15.2. The van der Waals surface area contributed by atoms with Crippen molar-refractivity contribution in [1.29, 1.82) is 0 Å². The number of carbonyl (C=O) groups excluding carboxylic acids is 1. The highest BCUT2D eigenvalue weighted by molar-refractivity contribution is 5.96. The minimum absolute atomic E-state index is 0.0271. The van der Waals surface area contributed by atoms with E-state index in [1.54, 1.807) is 25.1 Å². The van der Waals surface area contributed by atoms with Crippen LogP contribution >= 0.6 is 0 Å². The molecule has 0 unspecified atom stereocenters. The lowest BCUT2D eigenvalue weighted by atomic mass is 10.1. The molecule has 112 valence electrons. The van der Waals surface area contributed by atoms with E-state index in [1.807, 2.05) is 6.07 Å². The number of hydrazone groups is 1. The lowest BCUT2D eigenvalue weighted by molar-refractivity contribution is -0.385. The summed E-state index contributed by atoms with van der Waals surface area (Å²) >= 11 is 0. The van der Waals surface area contributed by atoms with Gasteiger partial charge in [-0.2, -0.15) is 5.10 Å². The summed E-state index contributed by atoms with van der Waals surface area (Å²) in [4.78, 5) is 22.0. The summed E-state index contributed by atoms with van der Waals surface area (Å²) in [5.74, 6) is -0.841. The summed E-state index contributed by atoms with van der Waals surface area (Å²) in [6, 6.07) is 10.3. The Morgan fingerprint density at radius 1 is 1.27 bits per heavy atom. The molecule has 7 heteroatoms. The molecule has 0 aliphatic rings. The first-order chi connectivity index (χ1) is 10.5.